The quantitative estimate of drug-likeness (QED) is 0.437. The molecule has 0 amide bonds. The van der Waals surface area contributed by atoms with Crippen LogP contribution in [0.5, 0.6) is 0 Å². The first kappa shape index (κ1) is 16.9. The van der Waals surface area contributed by atoms with Crippen LogP contribution in [0.15, 0.2) is 0 Å². The van der Waals surface area contributed by atoms with Crippen molar-refractivity contribution in [3.8, 4) is 0 Å². The number of thiocarbonyl (C=S) groups is 1. The van der Waals surface area contributed by atoms with Crippen molar-refractivity contribution in [1.82, 2.24) is 5.32 Å². The second kappa shape index (κ2) is 12.3. The van der Waals surface area contributed by atoms with Crippen molar-refractivity contribution >= 4 is 17.2 Å². The molecular formula is C14H29NOS. The second-order valence-electron chi connectivity index (χ2n) is 4.78. The van der Waals surface area contributed by atoms with Gasteiger partial charge in [-0.2, -0.15) is 0 Å². The molecule has 0 aliphatic heterocycles. The highest BCUT2D eigenvalue weighted by molar-refractivity contribution is 7.80. The van der Waals surface area contributed by atoms with Crippen LogP contribution in [0.2, 0.25) is 0 Å². The number of unbranched alkanes of at least 4 members (excludes halogenated alkanes) is 5. The van der Waals surface area contributed by atoms with Crippen molar-refractivity contribution < 1.29 is 5.11 Å². The van der Waals surface area contributed by atoms with E-state index < -0.39 is 0 Å². The minimum atomic E-state index is -0.124. The third-order valence-electron chi connectivity index (χ3n) is 3.11. The second-order valence-corrected chi connectivity index (χ2v) is 5.27. The minimum Gasteiger partial charge on any atom is -0.393 e. The third-order valence-corrected chi connectivity index (χ3v) is 3.52. The molecule has 0 aromatic heterocycles. The molecule has 0 saturated heterocycles. The maximum Gasteiger partial charge on any atom is 0.0750 e. The van der Waals surface area contributed by atoms with Crippen LogP contribution in [-0.4, -0.2) is 23.2 Å². The van der Waals surface area contributed by atoms with Crippen LogP contribution in [-0.2, 0) is 0 Å². The molecule has 0 rings (SSSR count). The molecule has 3 heteroatoms. The van der Waals surface area contributed by atoms with Gasteiger partial charge < -0.3 is 10.4 Å². The molecule has 0 radical (unpaired) electrons. The topological polar surface area (TPSA) is 32.3 Å². The lowest BCUT2D eigenvalue weighted by Gasteiger charge is -2.10. The van der Waals surface area contributed by atoms with Crippen LogP contribution in [0.25, 0.3) is 0 Å². The van der Waals surface area contributed by atoms with Gasteiger partial charge in [-0.15, -0.1) is 0 Å². The molecular weight excluding hydrogens is 230 g/mol. The van der Waals surface area contributed by atoms with Gasteiger partial charge in [0.1, 0.15) is 0 Å². The monoisotopic (exact) mass is 259 g/mol. The Bertz CT molecular complexity index is 185. The Labute approximate surface area is 112 Å². The number of hydrogen-bond donors (Lipinski definition) is 2. The van der Waals surface area contributed by atoms with E-state index in [1.165, 1.54) is 38.5 Å². The van der Waals surface area contributed by atoms with Crippen LogP contribution in [0.3, 0.4) is 0 Å². The lowest BCUT2D eigenvalue weighted by Crippen LogP contribution is -2.16. The lowest BCUT2D eigenvalue weighted by molar-refractivity contribution is 0.149. The number of aliphatic hydroxyl groups excluding tert-OH is 1. The van der Waals surface area contributed by atoms with Gasteiger partial charge in [-0.1, -0.05) is 57.7 Å². The molecule has 0 aromatic carbocycles. The first-order valence-corrected chi connectivity index (χ1v) is 7.50. The molecule has 0 spiro atoms. The fourth-order valence-corrected chi connectivity index (χ4v) is 2.07. The largest absolute Gasteiger partial charge is 0.393 e. The minimum absolute atomic E-state index is 0.124. The van der Waals surface area contributed by atoms with E-state index in [1.807, 2.05) is 7.05 Å². The molecule has 0 bridgehead atoms. The fourth-order valence-electron chi connectivity index (χ4n) is 1.93. The van der Waals surface area contributed by atoms with Crippen molar-refractivity contribution in [3.63, 3.8) is 0 Å². The molecule has 102 valence electrons. The highest BCUT2D eigenvalue weighted by Gasteiger charge is 2.04. The van der Waals surface area contributed by atoms with E-state index in [9.17, 15) is 5.11 Å². The van der Waals surface area contributed by atoms with E-state index in [2.05, 4.69) is 12.2 Å². The van der Waals surface area contributed by atoms with Gasteiger partial charge >= 0.3 is 0 Å². The summed E-state index contributed by atoms with van der Waals surface area (Å²) in [5, 5.41) is 12.7. The third kappa shape index (κ3) is 12.1. The van der Waals surface area contributed by atoms with Crippen LogP contribution in [0.4, 0.5) is 0 Å². The first-order chi connectivity index (χ1) is 8.20. The zero-order chi connectivity index (χ0) is 12.9. The predicted octanol–water partition coefficient (Wildman–Crippen LogP) is 3.82. The van der Waals surface area contributed by atoms with E-state index in [4.69, 9.17) is 12.2 Å². The van der Waals surface area contributed by atoms with Crippen LogP contribution in [0.1, 0.15) is 71.1 Å². The van der Waals surface area contributed by atoms with E-state index in [0.717, 1.165) is 30.7 Å². The lowest BCUT2D eigenvalue weighted by atomic mass is 10.0. The van der Waals surface area contributed by atoms with Crippen molar-refractivity contribution in [2.45, 2.75) is 77.2 Å². The number of nitrogens with one attached hydrogen (secondary N) is 1. The Kier molecular flexibility index (Phi) is 12.2. The average Bonchev–Trinajstić information content (AvgIpc) is 2.33. The van der Waals surface area contributed by atoms with Crippen molar-refractivity contribution in [3.05, 3.63) is 0 Å². The van der Waals surface area contributed by atoms with Gasteiger partial charge in [0.05, 0.1) is 11.1 Å². The summed E-state index contributed by atoms with van der Waals surface area (Å²) in [7, 11) is 1.86. The SMILES string of the molecule is CCCCCCCCC(O)CCCC(=S)NC. The van der Waals surface area contributed by atoms with Gasteiger partial charge in [-0.25, -0.2) is 0 Å². The highest BCUT2D eigenvalue weighted by atomic mass is 32.1. The van der Waals surface area contributed by atoms with E-state index >= 15 is 0 Å². The molecule has 1 atom stereocenters. The fraction of sp³-hybridized carbons (Fsp3) is 0.929. The number of rotatable bonds is 11. The van der Waals surface area contributed by atoms with E-state index in [1.54, 1.807) is 0 Å². The summed E-state index contributed by atoms with van der Waals surface area (Å²) in [5.74, 6) is 0. The standard InChI is InChI=1S/C14H29NOS/c1-3-4-5-6-7-8-10-13(16)11-9-12-14(17)15-2/h13,16H,3-12H2,1-2H3,(H,15,17). The average molecular weight is 259 g/mol. The molecule has 0 aliphatic rings. The van der Waals surface area contributed by atoms with Gasteiger partial charge in [0.15, 0.2) is 0 Å². The van der Waals surface area contributed by atoms with Crippen molar-refractivity contribution in [2.75, 3.05) is 7.05 Å². The highest BCUT2D eigenvalue weighted by Crippen LogP contribution is 2.12. The summed E-state index contributed by atoms with van der Waals surface area (Å²) < 4.78 is 0. The van der Waals surface area contributed by atoms with E-state index in [-0.39, 0.29) is 6.10 Å². The molecule has 0 saturated carbocycles. The summed E-state index contributed by atoms with van der Waals surface area (Å²) in [6.07, 6.45) is 11.4. The summed E-state index contributed by atoms with van der Waals surface area (Å²) in [5.41, 5.74) is 0. The zero-order valence-corrected chi connectivity index (χ0v) is 12.3. The maximum atomic E-state index is 9.77. The Morgan fingerprint density at radius 3 is 2.29 bits per heavy atom. The summed E-state index contributed by atoms with van der Waals surface area (Å²) in [4.78, 5) is 0.900. The maximum absolute atomic E-state index is 9.77. The van der Waals surface area contributed by atoms with Gasteiger partial charge in [-0.05, 0) is 25.7 Å². The van der Waals surface area contributed by atoms with Gasteiger partial charge in [0, 0.05) is 7.05 Å². The molecule has 1 unspecified atom stereocenters. The Morgan fingerprint density at radius 2 is 1.65 bits per heavy atom. The molecule has 0 fully saturated rings. The first-order valence-electron chi connectivity index (χ1n) is 7.09. The summed E-state index contributed by atoms with van der Waals surface area (Å²) in [6, 6.07) is 0. The summed E-state index contributed by atoms with van der Waals surface area (Å²) in [6.45, 7) is 2.24. The summed E-state index contributed by atoms with van der Waals surface area (Å²) >= 11 is 5.06. The van der Waals surface area contributed by atoms with Crippen LogP contribution in [0, 0.1) is 0 Å². The Balaban J connectivity index is 3.23. The van der Waals surface area contributed by atoms with Gasteiger partial charge in [0.2, 0.25) is 0 Å². The molecule has 0 heterocycles. The van der Waals surface area contributed by atoms with Crippen molar-refractivity contribution in [1.29, 1.82) is 0 Å². The molecule has 2 N–H and O–H groups in total. The van der Waals surface area contributed by atoms with E-state index in [0.29, 0.717) is 0 Å². The predicted molar refractivity (Wildman–Crippen MR) is 79.5 cm³/mol. The smallest absolute Gasteiger partial charge is 0.0750 e. The molecule has 0 aromatic rings. The van der Waals surface area contributed by atoms with Crippen LogP contribution >= 0.6 is 12.2 Å². The zero-order valence-electron chi connectivity index (χ0n) is 11.5. The van der Waals surface area contributed by atoms with Gasteiger partial charge in [-0.3, -0.25) is 0 Å². The molecule has 17 heavy (non-hydrogen) atoms. The number of aliphatic hydroxyl groups is 1. The Hall–Kier alpha value is -0.150. The van der Waals surface area contributed by atoms with Crippen LogP contribution < -0.4 is 5.32 Å². The van der Waals surface area contributed by atoms with Gasteiger partial charge in [0.25, 0.3) is 0 Å². The van der Waals surface area contributed by atoms with Crippen molar-refractivity contribution in [2.24, 2.45) is 0 Å². The molecule has 2 nitrogen and oxygen atoms in total. The Morgan fingerprint density at radius 1 is 1.06 bits per heavy atom. The molecule has 0 aliphatic carbocycles. The normalized spacial score (nSPS) is 12.4. The number of hydrogen-bond acceptors (Lipinski definition) is 2.